The molecule has 4 rings (SSSR count). The van der Waals surface area contributed by atoms with Gasteiger partial charge >= 0.3 is 18.5 Å². The molecule has 2 fully saturated rings. The molecule has 13 heteroatoms. The highest BCUT2D eigenvalue weighted by Crippen LogP contribution is 2.37. The number of piperazine rings is 1. The lowest BCUT2D eigenvalue weighted by atomic mass is 9.93. The third kappa shape index (κ3) is 7.97. The van der Waals surface area contributed by atoms with Crippen LogP contribution in [0.3, 0.4) is 0 Å². The van der Waals surface area contributed by atoms with Crippen molar-refractivity contribution < 1.29 is 44.3 Å². The van der Waals surface area contributed by atoms with Crippen LogP contribution in [0.1, 0.15) is 71.5 Å². The molecular weight excluding hydrogens is 577 g/mol. The average Bonchev–Trinajstić information content (AvgIpc) is 2.91. The molecule has 0 radical (unpaired) electrons. The lowest BCUT2D eigenvalue weighted by Gasteiger charge is -2.43. The van der Waals surface area contributed by atoms with Crippen molar-refractivity contribution in [1.29, 1.82) is 0 Å². The summed E-state index contributed by atoms with van der Waals surface area (Å²) in [5.41, 5.74) is -4.14. The van der Waals surface area contributed by atoms with Crippen LogP contribution in [-0.2, 0) is 29.9 Å². The second-order valence-electron chi connectivity index (χ2n) is 11.0. The summed E-state index contributed by atoms with van der Waals surface area (Å²) in [6, 6.07) is 3.45. The molecule has 42 heavy (non-hydrogen) atoms. The third-order valence-electron chi connectivity index (χ3n) is 7.91. The van der Waals surface area contributed by atoms with E-state index in [1.165, 1.54) is 19.4 Å². The van der Waals surface area contributed by atoms with Crippen LogP contribution in [0.2, 0.25) is 0 Å². The van der Waals surface area contributed by atoms with Gasteiger partial charge in [-0.25, -0.2) is 0 Å². The van der Waals surface area contributed by atoms with E-state index >= 15 is 0 Å². The minimum Gasteiger partial charge on any atom is -0.350 e. The van der Waals surface area contributed by atoms with Crippen molar-refractivity contribution in [3.8, 4) is 0 Å². The lowest BCUT2D eigenvalue weighted by Crippen LogP contribution is -2.53. The summed E-state index contributed by atoms with van der Waals surface area (Å²) in [7, 11) is 0. The fourth-order valence-electron chi connectivity index (χ4n) is 5.88. The van der Waals surface area contributed by atoms with Gasteiger partial charge in [-0.05, 0) is 61.2 Å². The Morgan fingerprint density at radius 1 is 0.762 bits per heavy atom. The molecule has 4 nitrogen and oxygen atoms in total. The van der Waals surface area contributed by atoms with Gasteiger partial charge in [0.25, 0.3) is 0 Å². The highest BCUT2D eigenvalue weighted by Gasteiger charge is 2.38. The van der Waals surface area contributed by atoms with Crippen molar-refractivity contribution in [1.82, 2.24) is 15.1 Å². The number of nitrogens with zero attached hydrogens (tertiary/aromatic N) is 2. The number of carbonyl (C=O) groups is 1. The monoisotopic (exact) mass is 609 g/mol. The molecule has 1 saturated heterocycles. The minimum atomic E-state index is -5.06. The summed E-state index contributed by atoms with van der Waals surface area (Å²) in [6.45, 7) is 2.64. The first-order valence-electron chi connectivity index (χ1n) is 13.8. The van der Waals surface area contributed by atoms with Crippen molar-refractivity contribution >= 4 is 5.91 Å². The molecule has 2 aliphatic rings. The maximum absolute atomic E-state index is 13.6. The summed E-state index contributed by atoms with van der Waals surface area (Å²) >= 11 is 0. The number of hydrogen-bond donors (Lipinski definition) is 1. The van der Waals surface area contributed by atoms with E-state index in [1.807, 2.05) is 0 Å². The molecule has 2 aromatic rings. The van der Waals surface area contributed by atoms with Gasteiger partial charge in [-0.1, -0.05) is 30.9 Å². The summed E-state index contributed by atoms with van der Waals surface area (Å²) in [4.78, 5) is 17.6. The number of carbonyl (C=O) groups excluding carboxylic acids is 1. The predicted octanol–water partition coefficient (Wildman–Crippen LogP) is 7.36. The van der Waals surface area contributed by atoms with E-state index < -0.39 is 59.3 Å². The Labute approximate surface area is 237 Å². The first-order chi connectivity index (χ1) is 19.5. The Bertz CT molecular complexity index is 1210. The zero-order valence-corrected chi connectivity index (χ0v) is 22.9. The number of amides is 1. The number of alkyl halides is 9. The zero-order chi connectivity index (χ0) is 30.9. The molecule has 1 amide bonds. The molecule has 0 spiro atoms. The van der Waals surface area contributed by atoms with Gasteiger partial charge in [0.05, 0.1) is 16.7 Å². The quantitative estimate of drug-likeness (QED) is 0.348. The van der Waals surface area contributed by atoms with Gasteiger partial charge in [-0.15, -0.1) is 0 Å². The molecule has 0 bridgehead atoms. The van der Waals surface area contributed by atoms with Crippen LogP contribution in [0.25, 0.3) is 0 Å². The number of benzene rings is 2. The van der Waals surface area contributed by atoms with Gasteiger partial charge in [0.15, 0.2) is 0 Å². The van der Waals surface area contributed by atoms with E-state index in [4.69, 9.17) is 0 Å². The molecule has 0 aromatic heterocycles. The normalized spacial score (nSPS) is 19.1. The van der Waals surface area contributed by atoms with Gasteiger partial charge in [0.2, 0.25) is 5.91 Å². The van der Waals surface area contributed by atoms with Crippen LogP contribution in [0.5, 0.6) is 0 Å². The Morgan fingerprint density at radius 3 is 1.81 bits per heavy atom. The number of aryl methyl sites for hydroxylation is 1. The summed E-state index contributed by atoms with van der Waals surface area (Å²) in [5.74, 6) is -0.814. The fraction of sp³-hybridized carbons (Fsp3) is 0.552. The van der Waals surface area contributed by atoms with Crippen LogP contribution >= 0.6 is 0 Å². The predicted molar refractivity (Wildman–Crippen MR) is 137 cm³/mol. The highest BCUT2D eigenvalue weighted by atomic mass is 19.4. The second kappa shape index (κ2) is 12.4. The summed E-state index contributed by atoms with van der Waals surface area (Å²) in [5, 5.41) is 2.39. The maximum atomic E-state index is 13.6. The molecule has 232 valence electrons. The molecule has 2 aromatic carbocycles. The molecule has 1 aliphatic heterocycles. The Balaban J connectivity index is 1.60. The highest BCUT2D eigenvalue weighted by molar-refractivity contribution is 5.83. The smallest absolute Gasteiger partial charge is 0.350 e. The van der Waals surface area contributed by atoms with Gasteiger partial charge < -0.3 is 5.32 Å². The van der Waals surface area contributed by atoms with Crippen LogP contribution in [0, 0.1) is 6.92 Å². The van der Waals surface area contributed by atoms with Gasteiger partial charge in [-0.2, -0.15) is 39.5 Å². The van der Waals surface area contributed by atoms with E-state index in [0.29, 0.717) is 44.4 Å². The van der Waals surface area contributed by atoms with E-state index in [0.717, 1.165) is 37.8 Å². The SMILES string of the molecule is Cc1cc(C(C(=O)NCc2cc(C(F)(F)F)cc(C(F)(F)F)c2)N2CCN(C3CCCCC3)CC2)cc(C(F)(F)F)c1. The van der Waals surface area contributed by atoms with Gasteiger partial charge in [0.1, 0.15) is 6.04 Å². The molecular formula is C29H32F9N3O. The third-order valence-corrected chi connectivity index (χ3v) is 7.91. The standard InChI is InChI=1S/C29H32F9N3O/c1-18-11-20(15-21(12-18)27(30,31)32)25(41-9-7-40(8-10-41)24-5-3-2-4-6-24)26(42)39-17-19-13-22(28(33,34)35)16-23(14-19)29(36,37)38/h11-16,24-25H,2-10,17H2,1H3,(H,39,42). The molecule has 1 aliphatic carbocycles. The van der Waals surface area contributed by atoms with E-state index in [9.17, 15) is 44.3 Å². The fourth-order valence-corrected chi connectivity index (χ4v) is 5.88. The molecule has 1 atom stereocenters. The van der Waals surface area contributed by atoms with Crippen LogP contribution in [0.15, 0.2) is 36.4 Å². The molecule has 1 unspecified atom stereocenters. The first-order valence-corrected chi connectivity index (χ1v) is 13.8. The summed E-state index contributed by atoms with van der Waals surface area (Å²) in [6.07, 6.45) is -9.30. The maximum Gasteiger partial charge on any atom is 0.416 e. The van der Waals surface area contributed by atoms with Crippen molar-refractivity contribution in [2.75, 3.05) is 26.2 Å². The van der Waals surface area contributed by atoms with Crippen molar-refractivity contribution in [3.63, 3.8) is 0 Å². The van der Waals surface area contributed by atoms with Crippen LogP contribution in [0.4, 0.5) is 39.5 Å². The Hall–Kier alpha value is -2.80. The summed E-state index contributed by atoms with van der Waals surface area (Å²) < 4.78 is 121. The van der Waals surface area contributed by atoms with Crippen molar-refractivity contribution in [3.05, 3.63) is 69.8 Å². The molecule has 1 heterocycles. The van der Waals surface area contributed by atoms with Gasteiger partial charge in [0, 0.05) is 38.8 Å². The molecule has 1 N–H and O–H groups in total. The number of nitrogens with one attached hydrogen (secondary N) is 1. The molecule has 1 saturated carbocycles. The minimum absolute atomic E-state index is 0.00859. The zero-order valence-electron chi connectivity index (χ0n) is 22.9. The van der Waals surface area contributed by atoms with Crippen LogP contribution < -0.4 is 5.32 Å². The van der Waals surface area contributed by atoms with E-state index in [2.05, 4.69) is 10.2 Å². The first kappa shape index (κ1) is 32.1. The van der Waals surface area contributed by atoms with Crippen molar-refractivity contribution in [2.24, 2.45) is 0 Å². The topological polar surface area (TPSA) is 35.6 Å². The number of rotatable bonds is 6. The Morgan fingerprint density at radius 2 is 1.29 bits per heavy atom. The number of hydrogen-bond acceptors (Lipinski definition) is 3. The van der Waals surface area contributed by atoms with E-state index in [-0.39, 0.29) is 17.2 Å². The largest absolute Gasteiger partial charge is 0.416 e. The van der Waals surface area contributed by atoms with Gasteiger partial charge in [-0.3, -0.25) is 14.6 Å². The van der Waals surface area contributed by atoms with Crippen LogP contribution in [-0.4, -0.2) is 47.9 Å². The number of halogens is 9. The van der Waals surface area contributed by atoms with E-state index in [1.54, 1.807) is 4.90 Å². The lowest BCUT2D eigenvalue weighted by molar-refractivity contribution is -0.143. The average molecular weight is 610 g/mol. The Kier molecular flexibility index (Phi) is 9.51. The second-order valence-corrected chi connectivity index (χ2v) is 11.0. The van der Waals surface area contributed by atoms with Crippen molar-refractivity contribution in [2.45, 2.75) is 76.2 Å².